The summed E-state index contributed by atoms with van der Waals surface area (Å²) in [6, 6.07) is 7.51. The molecule has 3 rings (SSSR count). The Kier molecular flexibility index (Phi) is 4.66. The third-order valence-corrected chi connectivity index (χ3v) is 5.65. The van der Waals surface area contributed by atoms with Crippen molar-refractivity contribution >= 4 is 34.0 Å². The van der Waals surface area contributed by atoms with Crippen LogP contribution in [0.4, 0.5) is 5.13 Å². The molecule has 1 saturated carbocycles. The molecule has 7 heteroatoms. The molecule has 23 heavy (non-hydrogen) atoms. The zero-order chi connectivity index (χ0) is 16.4. The average Bonchev–Trinajstić information content (AvgIpc) is 2.95. The number of carbonyl (C=O) groups excluding carboxylic acids is 1. The monoisotopic (exact) mass is 351 g/mol. The number of amides is 1. The molecule has 1 atom stereocenters. The fourth-order valence-electron chi connectivity index (χ4n) is 2.71. The summed E-state index contributed by atoms with van der Waals surface area (Å²) < 4.78 is 5.22. The quantitative estimate of drug-likeness (QED) is 0.885. The Morgan fingerprint density at radius 1 is 1.35 bits per heavy atom. The topological polar surface area (TPSA) is 64.1 Å². The van der Waals surface area contributed by atoms with Gasteiger partial charge in [0, 0.05) is 12.1 Å². The van der Waals surface area contributed by atoms with E-state index in [1.165, 1.54) is 11.3 Å². The minimum atomic E-state index is -0.483. The van der Waals surface area contributed by atoms with Crippen molar-refractivity contribution in [1.82, 2.24) is 10.2 Å². The number of methoxy groups -OCH3 is 1. The van der Waals surface area contributed by atoms with Gasteiger partial charge in [0.2, 0.25) is 11.0 Å². The van der Waals surface area contributed by atoms with Crippen molar-refractivity contribution in [2.75, 3.05) is 12.4 Å². The molecule has 1 heterocycles. The van der Waals surface area contributed by atoms with E-state index in [1.54, 1.807) is 7.11 Å². The minimum Gasteiger partial charge on any atom is -0.374 e. The van der Waals surface area contributed by atoms with Crippen LogP contribution in [0.3, 0.4) is 0 Å². The number of rotatable bonds is 5. The van der Waals surface area contributed by atoms with E-state index in [2.05, 4.69) is 15.5 Å². The van der Waals surface area contributed by atoms with Crippen molar-refractivity contribution in [3.63, 3.8) is 0 Å². The summed E-state index contributed by atoms with van der Waals surface area (Å²) in [5, 5.41) is 12.9. The molecular weight excluding hydrogens is 334 g/mol. The third kappa shape index (κ3) is 3.11. The second-order valence-corrected chi connectivity index (χ2v) is 7.17. The Labute approximate surface area is 144 Å². The number of nitrogens with one attached hydrogen (secondary N) is 1. The van der Waals surface area contributed by atoms with Crippen LogP contribution in [-0.2, 0) is 14.9 Å². The number of anilines is 1. The van der Waals surface area contributed by atoms with Crippen molar-refractivity contribution in [3.8, 4) is 0 Å². The summed E-state index contributed by atoms with van der Waals surface area (Å²) >= 11 is 7.29. The summed E-state index contributed by atoms with van der Waals surface area (Å²) in [5.41, 5.74) is 0.518. The molecule has 0 aliphatic heterocycles. The van der Waals surface area contributed by atoms with Crippen LogP contribution in [0.15, 0.2) is 24.3 Å². The second kappa shape index (κ2) is 6.55. The van der Waals surface area contributed by atoms with Gasteiger partial charge in [-0.15, -0.1) is 10.2 Å². The van der Waals surface area contributed by atoms with E-state index in [0.717, 1.165) is 29.8 Å². The van der Waals surface area contributed by atoms with Crippen LogP contribution in [0, 0.1) is 0 Å². The van der Waals surface area contributed by atoms with Gasteiger partial charge in [-0.25, -0.2) is 0 Å². The van der Waals surface area contributed by atoms with Crippen LogP contribution < -0.4 is 5.32 Å². The maximum absolute atomic E-state index is 12.8. The SMILES string of the molecule is COC(C)c1nnc(NC(=O)C2(c3ccc(Cl)cc3)CCC2)s1. The first-order valence-electron chi connectivity index (χ1n) is 7.49. The molecular formula is C16H18ClN3O2S. The van der Waals surface area contributed by atoms with Crippen molar-refractivity contribution in [2.45, 2.75) is 37.7 Å². The molecule has 1 N–H and O–H groups in total. The molecule has 1 unspecified atom stereocenters. The predicted octanol–water partition coefficient (Wildman–Crippen LogP) is 3.96. The molecule has 122 valence electrons. The molecule has 1 aliphatic rings. The highest BCUT2D eigenvalue weighted by Crippen LogP contribution is 2.45. The van der Waals surface area contributed by atoms with Crippen LogP contribution in [0.2, 0.25) is 5.02 Å². The Morgan fingerprint density at radius 3 is 2.61 bits per heavy atom. The lowest BCUT2D eigenvalue weighted by atomic mass is 9.64. The number of halogens is 1. The zero-order valence-electron chi connectivity index (χ0n) is 13.0. The smallest absolute Gasteiger partial charge is 0.236 e. The number of hydrogen-bond donors (Lipinski definition) is 1. The van der Waals surface area contributed by atoms with Gasteiger partial charge >= 0.3 is 0 Å². The summed E-state index contributed by atoms with van der Waals surface area (Å²) in [7, 11) is 1.62. The first-order chi connectivity index (χ1) is 11.0. The maximum Gasteiger partial charge on any atom is 0.236 e. The van der Waals surface area contributed by atoms with E-state index in [4.69, 9.17) is 16.3 Å². The molecule has 1 amide bonds. The lowest BCUT2D eigenvalue weighted by Crippen LogP contribution is -2.45. The van der Waals surface area contributed by atoms with Crippen molar-refractivity contribution in [3.05, 3.63) is 39.9 Å². The van der Waals surface area contributed by atoms with Gasteiger partial charge in [-0.3, -0.25) is 10.1 Å². The van der Waals surface area contributed by atoms with Gasteiger partial charge < -0.3 is 4.74 Å². The normalized spacial score (nSPS) is 17.3. The number of ether oxygens (including phenoxy) is 1. The predicted molar refractivity (Wildman–Crippen MR) is 90.9 cm³/mol. The van der Waals surface area contributed by atoms with Gasteiger partial charge in [0.15, 0.2) is 0 Å². The van der Waals surface area contributed by atoms with E-state index in [1.807, 2.05) is 31.2 Å². The van der Waals surface area contributed by atoms with E-state index in [9.17, 15) is 4.79 Å². The van der Waals surface area contributed by atoms with Gasteiger partial charge in [-0.05, 0) is 37.5 Å². The first kappa shape index (κ1) is 16.4. The largest absolute Gasteiger partial charge is 0.374 e. The highest BCUT2D eigenvalue weighted by molar-refractivity contribution is 7.15. The standard InChI is InChI=1S/C16H18ClN3O2S/c1-10(22-2)13-19-20-15(23-13)18-14(21)16(8-3-9-16)11-4-6-12(17)7-5-11/h4-7,10H,3,8-9H2,1-2H3,(H,18,20,21). The number of aromatic nitrogens is 2. The third-order valence-electron chi connectivity index (χ3n) is 4.40. The Balaban J connectivity index is 1.78. The molecule has 1 aliphatic carbocycles. The molecule has 0 bridgehead atoms. The van der Waals surface area contributed by atoms with E-state index < -0.39 is 5.41 Å². The molecule has 1 aromatic heterocycles. The molecule has 1 fully saturated rings. The van der Waals surface area contributed by atoms with Crippen molar-refractivity contribution in [1.29, 1.82) is 0 Å². The highest BCUT2D eigenvalue weighted by Gasteiger charge is 2.45. The zero-order valence-corrected chi connectivity index (χ0v) is 14.6. The second-order valence-electron chi connectivity index (χ2n) is 5.72. The summed E-state index contributed by atoms with van der Waals surface area (Å²) in [6.07, 6.45) is 2.58. The van der Waals surface area contributed by atoms with Gasteiger partial charge in [0.25, 0.3) is 0 Å². The maximum atomic E-state index is 12.8. The Morgan fingerprint density at radius 2 is 2.04 bits per heavy atom. The first-order valence-corrected chi connectivity index (χ1v) is 8.68. The van der Waals surface area contributed by atoms with Gasteiger partial charge in [-0.2, -0.15) is 0 Å². The van der Waals surface area contributed by atoms with Crippen LogP contribution in [-0.4, -0.2) is 23.2 Å². The molecule has 0 saturated heterocycles. The molecule has 0 spiro atoms. The van der Waals surface area contributed by atoms with Crippen molar-refractivity contribution in [2.24, 2.45) is 0 Å². The molecule has 1 aromatic carbocycles. The Bertz CT molecular complexity index is 698. The van der Waals surface area contributed by atoms with E-state index in [0.29, 0.717) is 10.2 Å². The van der Waals surface area contributed by atoms with Crippen molar-refractivity contribution < 1.29 is 9.53 Å². The summed E-state index contributed by atoms with van der Waals surface area (Å²) in [4.78, 5) is 12.8. The van der Waals surface area contributed by atoms with Gasteiger partial charge in [-0.1, -0.05) is 41.5 Å². The fraction of sp³-hybridized carbons (Fsp3) is 0.438. The number of carbonyl (C=O) groups is 1. The number of benzene rings is 1. The van der Waals surface area contributed by atoms with Gasteiger partial charge in [0.05, 0.1) is 5.41 Å². The van der Waals surface area contributed by atoms with Gasteiger partial charge in [0.1, 0.15) is 11.1 Å². The van der Waals surface area contributed by atoms with Crippen LogP contribution in [0.5, 0.6) is 0 Å². The fourth-order valence-corrected chi connectivity index (χ4v) is 3.61. The number of nitrogens with zero attached hydrogens (tertiary/aromatic N) is 2. The average molecular weight is 352 g/mol. The molecule has 5 nitrogen and oxygen atoms in total. The molecule has 0 radical (unpaired) electrons. The highest BCUT2D eigenvalue weighted by atomic mass is 35.5. The molecule has 2 aromatic rings. The van der Waals surface area contributed by atoms with E-state index in [-0.39, 0.29) is 12.0 Å². The summed E-state index contributed by atoms with van der Waals surface area (Å²) in [6.45, 7) is 1.90. The van der Waals surface area contributed by atoms with Crippen LogP contribution >= 0.6 is 22.9 Å². The van der Waals surface area contributed by atoms with E-state index >= 15 is 0 Å². The minimum absolute atomic E-state index is 0.0288. The lowest BCUT2D eigenvalue weighted by Gasteiger charge is -2.40. The number of hydrogen-bond acceptors (Lipinski definition) is 5. The van der Waals surface area contributed by atoms with Crippen LogP contribution in [0.25, 0.3) is 0 Å². The van der Waals surface area contributed by atoms with Crippen LogP contribution in [0.1, 0.15) is 42.9 Å². The Hall–Kier alpha value is -1.50. The summed E-state index contributed by atoms with van der Waals surface area (Å²) in [5.74, 6) is -0.0288. The lowest BCUT2D eigenvalue weighted by molar-refractivity contribution is -0.124.